The summed E-state index contributed by atoms with van der Waals surface area (Å²) >= 11 is 0. The van der Waals surface area contributed by atoms with Crippen LogP contribution in [0.25, 0.3) is 45.5 Å². The van der Waals surface area contributed by atoms with Gasteiger partial charge in [-0.25, -0.2) is 0 Å². The van der Waals surface area contributed by atoms with Gasteiger partial charge in [-0.05, 0) is 205 Å². The number of hydrogen-bond donors (Lipinski definition) is 0. The molecule has 0 radical (unpaired) electrons. The number of anilines is 9. The average molecular weight is 996 g/mol. The summed E-state index contributed by atoms with van der Waals surface area (Å²) in [7, 11) is 0. The van der Waals surface area contributed by atoms with E-state index in [2.05, 4.69) is 288 Å². The van der Waals surface area contributed by atoms with Crippen LogP contribution in [0.4, 0.5) is 51.2 Å². The van der Waals surface area contributed by atoms with Crippen molar-refractivity contribution in [2.45, 2.75) is 64.2 Å². The van der Waals surface area contributed by atoms with E-state index in [1.165, 1.54) is 109 Å². The highest BCUT2D eigenvalue weighted by Gasteiger charge is 2.18. The van der Waals surface area contributed by atoms with Crippen molar-refractivity contribution in [3.63, 3.8) is 0 Å². The Bertz CT molecular complexity index is 3330. The highest BCUT2D eigenvalue weighted by atomic mass is 15.2. The third-order valence-electron chi connectivity index (χ3n) is 15.5. The number of nitrogens with zero attached hydrogens (tertiary/aromatic N) is 3. The second kappa shape index (κ2) is 23.3. The molecule has 2 aliphatic carbocycles. The van der Waals surface area contributed by atoms with E-state index >= 15 is 0 Å². The van der Waals surface area contributed by atoms with Gasteiger partial charge in [-0.2, -0.15) is 0 Å². The number of rotatable bonds is 14. The first-order chi connectivity index (χ1) is 38.1. The lowest BCUT2D eigenvalue weighted by molar-refractivity contribution is 0.602. The van der Waals surface area contributed by atoms with E-state index in [1.54, 1.807) is 11.1 Å². The zero-order valence-electron chi connectivity index (χ0n) is 43.9. The summed E-state index contributed by atoms with van der Waals surface area (Å²) in [5, 5.41) is 0. The molecule has 0 aliphatic heterocycles. The van der Waals surface area contributed by atoms with E-state index in [-0.39, 0.29) is 0 Å². The van der Waals surface area contributed by atoms with E-state index in [4.69, 9.17) is 0 Å². The molecule has 0 heterocycles. The maximum Gasteiger partial charge on any atom is 0.0462 e. The van der Waals surface area contributed by atoms with Crippen molar-refractivity contribution in [1.82, 2.24) is 0 Å². The second-order valence-corrected chi connectivity index (χ2v) is 20.7. The Labute approximate surface area is 456 Å². The monoisotopic (exact) mass is 996 g/mol. The van der Waals surface area contributed by atoms with E-state index in [0.717, 1.165) is 51.2 Å². The van der Waals surface area contributed by atoms with Gasteiger partial charge >= 0.3 is 0 Å². The van der Waals surface area contributed by atoms with Crippen molar-refractivity contribution in [2.24, 2.45) is 0 Å². The van der Waals surface area contributed by atoms with Gasteiger partial charge in [0.1, 0.15) is 0 Å². The van der Waals surface area contributed by atoms with Gasteiger partial charge in [0.05, 0.1) is 0 Å². The summed E-state index contributed by atoms with van der Waals surface area (Å²) in [5.41, 5.74) is 22.9. The predicted molar refractivity (Wildman–Crippen MR) is 329 cm³/mol. The predicted octanol–water partition coefficient (Wildman–Crippen LogP) is 21.8. The Morgan fingerprint density at radius 2 is 0.403 bits per heavy atom. The van der Waals surface area contributed by atoms with Gasteiger partial charge in [0.15, 0.2) is 0 Å². The minimum absolute atomic E-state index is 1.09. The third-order valence-corrected chi connectivity index (χ3v) is 15.5. The minimum atomic E-state index is 1.09. The van der Waals surface area contributed by atoms with E-state index < -0.39 is 0 Å². The minimum Gasteiger partial charge on any atom is -0.311 e. The van der Waals surface area contributed by atoms with E-state index in [0.29, 0.717) is 0 Å². The van der Waals surface area contributed by atoms with Crippen molar-refractivity contribution in [3.05, 3.63) is 283 Å². The number of para-hydroxylation sites is 2. The molecule has 0 amide bonds. The van der Waals surface area contributed by atoms with Crippen LogP contribution in [-0.4, -0.2) is 0 Å². The molecule has 10 aromatic rings. The zero-order chi connectivity index (χ0) is 51.6. The highest BCUT2D eigenvalue weighted by Crippen LogP contribution is 2.41. The molecular weight excluding hydrogens is 931 g/mol. The van der Waals surface area contributed by atoms with Gasteiger partial charge in [-0.15, -0.1) is 0 Å². The summed E-state index contributed by atoms with van der Waals surface area (Å²) in [6, 6.07) is 95.1. The van der Waals surface area contributed by atoms with Crippen LogP contribution >= 0.6 is 0 Å². The van der Waals surface area contributed by atoms with Crippen LogP contribution < -0.4 is 14.7 Å². The Morgan fingerprint density at radius 1 is 0.195 bits per heavy atom. The van der Waals surface area contributed by atoms with Crippen LogP contribution in [0.1, 0.15) is 75.3 Å². The average Bonchev–Trinajstić information content (AvgIpc) is 3.50. The van der Waals surface area contributed by atoms with Gasteiger partial charge in [0.2, 0.25) is 0 Å². The standard InChI is InChI=1S/C74H65N3/c1-6-16-56(17-7-1)54-58-26-40-68(41-27-58)75(66-22-12-4-13-23-66)70-46-32-62(33-47-70)64-36-50-73(51-37-64)77(72-44-30-61(31-45-72)60-20-10-3-11-21-60)74-52-38-65(39-53-74)63-34-48-71(49-35-63)76(67-24-14-5-15-25-67)69-42-28-59(29-43-69)55-57-18-8-2-9-19-57/h3-5,10-15,20-55H,1-2,6-9,16-19H2. The summed E-state index contributed by atoms with van der Waals surface area (Å²) in [6.45, 7) is 0. The molecule has 2 saturated carbocycles. The summed E-state index contributed by atoms with van der Waals surface area (Å²) < 4.78 is 0. The largest absolute Gasteiger partial charge is 0.311 e. The molecule has 0 atom stereocenters. The fourth-order valence-electron chi connectivity index (χ4n) is 11.4. The quantitative estimate of drug-likeness (QED) is 0.107. The molecule has 0 unspecified atom stereocenters. The van der Waals surface area contributed by atoms with Crippen molar-refractivity contribution >= 4 is 63.3 Å². The molecule has 376 valence electrons. The molecule has 0 N–H and O–H groups in total. The van der Waals surface area contributed by atoms with Gasteiger partial charge in [0.25, 0.3) is 0 Å². The van der Waals surface area contributed by atoms with Crippen molar-refractivity contribution in [3.8, 4) is 33.4 Å². The molecule has 0 aromatic heterocycles. The molecule has 2 aliphatic rings. The first-order valence-corrected chi connectivity index (χ1v) is 27.8. The highest BCUT2D eigenvalue weighted by molar-refractivity contribution is 5.84. The van der Waals surface area contributed by atoms with Gasteiger partial charge in [0, 0.05) is 51.2 Å². The third kappa shape index (κ3) is 11.5. The lowest BCUT2D eigenvalue weighted by Gasteiger charge is -2.27. The first kappa shape index (κ1) is 49.0. The van der Waals surface area contributed by atoms with E-state index in [1.807, 2.05) is 0 Å². The molecule has 2 fully saturated rings. The Kier molecular flexibility index (Phi) is 14.8. The number of allylic oxidation sites excluding steroid dienone is 2. The normalized spacial score (nSPS) is 13.4. The molecule has 77 heavy (non-hydrogen) atoms. The van der Waals surface area contributed by atoms with Crippen LogP contribution in [0.5, 0.6) is 0 Å². The fraction of sp³-hybridized carbons (Fsp3) is 0.135. The van der Waals surface area contributed by atoms with Crippen molar-refractivity contribution < 1.29 is 0 Å². The van der Waals surface area contributed by atoms with Gasteiger partial charge in [-0.3, -0.25) is 0 Å². The molecule has 3 heteroatoms. The zero-order valence-corrected chi connectivity index (χ0v) is 43.9. The van der Waals surface area contributed by atoms with Crippen LogP contribution in [0.3, 0.4) is 0 Å². The van der Waals surface area contributed by atoms with Crippen molar-refractivity contribution in [1.29, 1.82) is 0 Å². The lowest BCUT2D eigenvalue weighted by Crippen LogP contribution is -2.10. The molecule has 0 bridgehead atoms. The molecule has 0 saturated heterocycles. The smallest absolute Gasteiger partial charge is 0.0462 e. The Balaban J connectivity index is 0.808. The van der Waals surface area contributed by atoms with Crippen LogP contribution in [-0.2, 0) is 0 Å². The maximum atomic E-state index is 2.41. The van der Waals surface area contributed by atoms with E-state index in [9.17, 15) is 0 Å². The SMILES string of the molecule is C(=C1CCCCC1)c1ccc(N(c2ccccc2)c2ccc(-c3ccc(N(c4ccc(-c5ccccc5)cc4)c4ccc(-c5ccc(N(c6ccccc6)c6ccc(C=C7CCCCC7)cc6)cc5)cc4)cc3)cc2)cc1. The van der Waals surface area contributed by atoms with Gasteiger partial charge in [-0.1, -0.05) is 188 Å². The molecule has 10 aromatic carbocycles. The molecular formula is C74H65N3. The number of benzene rings is 10. The molecule has 3 nitrogen and oxygen atoms in total. The van der Waals surface area contributed by atoms with Gasteiger partial charge < -0.3 is 14.7 Å². The van der Waals surface area contributed by atoms with Crippen LogP contribution in [0.15, 0.2) is 272 Å². The molecule has 0 spiro atoms. The maximum absolute atomic E-state index is 2.41. The second-order valence-electron chi connectivity index (χ2n) is 20.7. The Hall–Kier alpha value is -8.92. The summed E-state index contributed by atoms with van der Waals surface area (Å²) in [6.07, 6.45) is 17.7. The Morgan fingerprint density at radius 3 is 0.662 bits per heavy atom. The number of hydrogen-bond acceptors (Lipinski definition) is 3. The van der Waals surface area contributed by atoms with Crippen LogP contribution in [0, 0.1) is 0 Å². The topological polar surface area (TPSA) is 9.72 Å². The molecule has 12 rings (SSSR count). The summed E-state index contributed by atoms with van der Waals surface area (Å²) in [5.74, 6) is 0. The summed E-state index contributed by atoms with van der Waals surface area (Å²) in [4.78, 5) is 7.06. The van der Waals surface area contributed by atoms with Crippen LogP contribution in [0.2, 0.25) is 0 Å². The lowest BCUT2D eigenvalue weighted by atomic mass is 9.93. The van der Waals surface area contributed by atoms with Crippen molar-refractivity contribution in [2.75, 3.05) is 14.7 Å². The fourth-order valence-corrected chi connectivity index (χ4v) is 11.4. The first-order valence-electron chi connectivity index (χ1n) is 27.8.